The lowest BCUT2D eigenvalue weighted by Gasteiger charge is -2.40. The van der Waals surface area contributed by atoms with Crippen LogP contribution < -0.4 is 0 Å². The van der Waals surface area contributed by atoms with Crippen molar-refractivity contribution in [3.8, 4) is 0 Å². The van der Waals surface area contributed by atoms with Gasteiger partial charge in [-0.05, 0) is 11.1 Å². The summed E-state index contributed by atoms with van der Waals surface area (Å²) in [7, 11) is 2.86. The molecule has 0 aromatic heterocycles. The second-order valence-electron chi connectivity index (χ2n) is 6.57. The third kappa shape index (κ3) is 5.17. The predicted molar refractivity (Wildman–Crippen MR) is 103 cm³/mol. The third-order valence-corrected chi connectivity index (χ3v) is 4.73. The Morgan fingerprint density at radius 3 is 2.00 bits per heavy atom. The number of hydrogen-bond donors (Lipinski definition) is 0. The van der Waals surface area contributed by atoms with Crippen molar-refractivity contribution in [1.82, 2.24) is 0 Å². The van der Waals surface area contributed by atoms with Crippen LogP contribution in [0.2, 0.25) is 0 Å². The molecule has 1 aliphatic heterocycles. The summed E-state index contributed by atoms with van der Waals surface area (Å²) < 4.78 is 28.4. The summed E-state index contributed by atoms with van der Waals surface area (Å²) in [5.41, 5.74) is 2.08. The van der Waals surface area contributed by atoms with Crippen molar-refractivity contribution >= 4 is 5.97 Å². The van der Waals surface area contributed by atoms with Crippen LogP contribution in [-0.2, 0) is 41.7 Å². The highest BCUT2D eigenvalue weighted by Gasteiger charge is 2.46. The molecule has 0 saturated carbocycles. The maximum atomic E-state index is 12.1. The van der Waals surface area contributed by atoms with Crippen LogP contribution in [0.5, 0.6) is 0 Å². The lowest BCUT2D eigenvalue weighted by molar-refractivity contribution is -0.234. The molecule has 4 unspecified atom stereocenters. The zero-order chi connectivity index (χ0) is 19.8. The molecule has 0 spiro atoms. The Labute approximate surface area is 165 Å². The largest absolute Gasteiger partial charge is 0.467 e. The Balaban J connectivity index is 1.73. The van der Waals surface area contributed by atoms with E-state index in [0.717, 1.165) is 11.1 Å². The van der Waals surface area contributed by atoms with Crippen LogP contribution in [0.15, 0.2) is 60.7 Å². The van der Waals surface area contributed by atoms with Crippen molar-refractivity contribution < 1.29 is 28.5 Å². The number of carbonyl (C=O) groups excluding carboxylic acids is 1. The van der Waals surface area contributed by atoms with E-state index in [0.29, 0.717) is 13.2 Å². The van der Waals surface area contributed by atoms with Gasteiger partial charge in [0.15, 0.2) is 6.10 Å². The van der Waals surface area contributed by atoms with Crippen LogP contribution >= 0.6 is 0 Å². The molecule has 150 valence electrons. The fourth-order valence-electron chi connectivity index (χ4n) is 3.24. The minimum atomic E-state index is -0.854. The minimum Gasteiger partial charge on any atom is -0.467 e. The van der Waals surface area contributed by atoms with Gasteiger partial charge in [0.1, 0.15) is 18.3 Å². The Morgan fingerprint density at radius 1 is 0.893 bits per heavy atom. The Hall–Kier alpha value is -2.25. The second kappa shape index (κ2) is 10.3. The summed E-state index contributed by atoms with van der Waals surface area (Å²) in [5.74, 6) is -0.485. The van der Waals surface area contributed by atoms with E-state index in [4.69, 9.17) is 23.7 Å². The van der Waals surface area contributed by atoms with Crippen molar-refractivity contribution in [1.29, 1.82) is 0 Å². The summed E-state index contributed by atoms with van der Waals surface area (Å²) in [4.78, 5) is 12.1. The van der Waals surface area contributed by atoms with Gasteiger partial charge in [0.05, 0.1) is 26.9 Å². The molecule has 1 aliphatic rings. The first-order valence-corrected chi connectivity index (χ1v) is 9.26. The van der Waals surface area contributed by atoms with E-state index >= 15 is 0 Å². The maximum Gasteiger partial charge on any atom is 0.337 e. The normalized spacial score (nSPS) is 24.6. The standard InChI is InChI=1S/C22H26O6/c1-24-20-19(27-14-17-11-7-4-8-12-17)18(15-28-21(20)22(23)25-2)26-13-16-9-5-3-6-10-16/h3-12,18-21H,13-15H2,1-2H3. The van der Waals surface area contributed by atoms with Crippen molar-refractivity contribution in [3.63, 3.8) is 0 Å². The number of ether oxygens (including phenoxy) is 5. The van der Waals surface area contributed by atoms with Gasteiger partial charge in [0.25, 0.3) is 0 Å². The van der Waals surface area contributed by atoms with E-state index in [9.17, 15) is 4.79 Å². The Kier molecular flexibility index (Phi) is 7.56. The highest BCUT2D eigenvalue weighted by molar-refractivity contribution is 5.75. The number of methoxy groups -OCH3 is 2. The highest BCUT2D eigenvalue weighted by atomic mass is 16.6. The molecular formula is C22H26O6. The Bertz CT molecular complexity index is 720. The molecule has 2 aromatic rings. The fraction of sp³-hybridized carbons (Fsp3) is 0.409. The minimum absolute atomic E-state index is 0.214. The van der Waals surface area contributed by atoms with Crippen LogP contribution in [0.25, 0.3) is 0 Å². The van der Waals surface area contributed by atoms with E-state index in [2.05, 4.69) is 0 Å². The molecule has 0 radical (unpaired) electrons. The molecular weight excluding hydrogens is 360 g/mol. The summed E-state index contributed by atoms with van der Waals surface area (Å²) in [6, 6.07) is 19.7. The summed E-state index contributed by atoms with van der Waals surface area (Å²) in [5, 5.41) is 0. The van der Waals surface area contributed by atoms with Crippen molar-refractivity contribution in [2.45, 2.75) is 37.6 Å². The van der Waals surface area contributed by atoms with Gasteiger partial charge in [0.2, 0.25) is 0 Å². The molecule has 0 amide bonds. The molecule has 28 heavy (non-hydrogen) atoms. The zero-order valence-electron chi connectivity index (χ0n) is 16.2. The first-order chi connectivity index (χ1) is 13.7. The zero-order valence-corrected chi connectivity index (χ0v) is 16.2. The number of esters is 1. The second-order valence-corrected chi connectivity index (χ2v) is 6.57. The Morgan fingerprint density at radius 2 is 1.46 bits per heavy atom. The molecule has 0 aliphatic carbocycles. The average molecular weight is 386 g/mol. The highest BCUT2D eigenvalue weighted by Crippen LogP contribution is 2.26. The van der Waals surface area contributed by atoms with E-state index in [1.54, 1.807) is 0 Å². The van der Waals surface area contributed by atoms with Crippen LogP contribution in [0.1, 0.15) is 11.1 Å². The molecule has 1 fully saturated rings. The number of carbonyl (C=O) groups is 1. The molecule has 0 bridgehead atoms. The van der Waals surface area contributed by atoms with Gasteiger partial charge in [-0.2, -0.15) is 0 Å². The molecule has 3 rings (SSSR count). The molecule has 2 aromatic carbocycles. The predicted octanol–water partition coefficient (Wildman–Crippen LogP) is 2.74. The smallest absolute Gasteiger partial charge is 0.337 e. The molecule has 0 N–H and O–H groups in total. The van der Waals surface area contributed by atoms with Gasteiger partial charge < -0.3 is 23.7 Å². The summed E-state index contributed by atoms with van der Waals surface area (Å²) in [6.07, 6.45) is -2.35. The summed E-state index contributed by atoms with van der Waals surface area (Å²) in [6.45, 7) is 1.01. The lowest BCUT2D eigenvalue weighted by atomic mass is 9.99. The summed E-state index contributed by atoms with van der Waals surface area (Å²) >= 11 is 0. The van der Waals surface area contributed by atoms with E-state index < -0.39 is 24.3 Å². The van der Waals surface area contributed by atoms with Crippen LogP contribution in [0, 0.1) is 0 Å². The van der Waals surface area contributed by atoms with Crippen molar-refractivity contribution in [3.05, 3.63) is 71.8 Å². The van der Waals surface area contributed by atoms with Crippen LogP contribution in [0.4, 0.5) is 0 Å². The third-order valence-electron chi connectivity index (χ3n) is 4.73. The monoisotopic (exact) mass is 386 g/mol. The number of benzene rings is 2. The number of hydrogen-bond acceptors (Lipinski definition) is 6. The quantitative estimate of drug-likeness (QED) is 0.650. The van der Waals surface area contributed by atoms with E-state index in [1.165, 1.54) is 14.2 Å². The van der Waals surface area contributed by atoms with Gasteiger partial charge in [-0.3, -0.25) is 0 Å². The first kappa shape index (κ1) is 20.5. The SMILES string of the molecule is COC(=O)C1OCC(OCc2ccccc2)C(OCc2ccccc2)C1OC. The maximum absolute atomic E-state index is 12.1. The number of rotatable bonds is 8. The van der Waals surface area contributed by atoms with Crippen LogP contribution in [-0.4, -0.2) is 51.2 Å². The molecule has 1 heterocycles. The topological polar surface area (TPSA) is 63.2 Å². The molecule has 6 nitrogen and oxygen atoms in total. The van der Waals surface area contributed by atoms with Gasteiger partial charge in [0, 0.05) is 7.11 Å². The van der Waals surface area contributed by atoms with Crippen LogP contribution in [0.3, 0.4) is 0 Å². The van der Waals surface area contributed by atoms with E-state index in [-0.39, 0.29) is 12.7 Å². The first-order valence-electron chi connectivity index (χ1n) is 9.26. The van der Waals surface area contributed by atoms with Gasteiger partial charge in [-0.25, -0.2) is 4.79 Å². The average Bonchev–Trinajstić information content (AvgIpc) is 2.76. The fourth-order valence-corrected chi connectivity index (χ4v) is 3.24. The molecule has 4 atom stereocenters. The van der Waals surface area contributed by atoms with Crippen molar-refractivity contribution in [2.24, 2.45) is 0 Å². The molecule has 1 saturated heterocycles. The van der Waals surface area contributed by atoms with E-state index in [1.807, 2.05) is 60.7 Å². The van der Waals surface area contributed by atoms with Gasteiger partial charge >= 0.3 is 5.97 Å². The van der Waals surface area contributed by atoms with Crippen molar-refractivity contribution in [2.75, 3.05) is 20.8 Å². The lowest BCUT2D eigenvalue weighted by Crippen LogP contribution is -2.58. The molecule has 6 heteroatoms. The van der Waals surface area contributed by atoms with Gasteiger partial charge in [-0.15, -0.1) is 0 Å². The van der Waals surface area contributed by atoms with Gasteiger partial charge in [-0.1, -0.05) is 60.7 Å².